The highest BCUT2D eigenvalue weighted by molar-refractivity contribution is 5.71. The normalized spacial score (nSPS) is 37.2. The van der Waals surface area contributed by atoms with Crippen molar-refractivity contribution in [2.75, 3.05) is 26.3 Å². The molecular weight excluding hydrogens is 470 g/mol. The number of allylic oxidation sites excluding steroid dienone is 1. The average Bonchev–Trinajstić information content (AvgIpc) is 3.23. The van der Waals surface area contributed by atoms with Crippen LogP contribution in [0.2, 0.25) is 0 Å². The van der Waals surface area contributed by atoms with Gasteiger partial charge in [0, 0.05) is 6.61 Å². The highest BCUT2D eigenvalue weighted by Gasteiger charge is 2.59. The summed E-state index contributed by atoms with van der Waals surface area (Å²) in [5, 5.41) is 3.17. The van der Waals surface area contributed by atoms with Gasteiger partial charge in [0.05, 0.1) is 19.3 Å². The van der Waals surface area contributed by atoms with Gasteiger partial charge in [-0.3, -0.25) is 4.79 Å². The van der Waals surface area contributed by atoms with E-state index in [-0.39, 0.29) is 5.97 Å². The number of carbonyl (C=O) groups is 1. The Bertz CT molecular complexity index is 808. The summed E-state index contributed by atoms with van der Waals surface area (Å²) in [6.45, 7) is 16.8. The number of hydrogen-bond donors (Lipinski definition) is 1. The molecule has 0 bridgehead atoms. The molecule has 4 aliphatic rings. The van der Waals surface area contributed by atoms with Crippen LogP contribution in [0, 0.1) is 46.3 Å². The summed E-state index contributed by atoms with van der Waals surface area (Å²) in [7, 11) is 0. The number of hydrogen-bond acceptors (Lipinski definition) is 4. The van der Waals surface area contributed by atoms with Crippen molar-refractivity contribution in [1.82, 2.24) is 5.32 Å². The van der Waals surface area contributed by atoms with Crippen molar-refractivity contribution in [3.8, 4) is 0 Å². The maximum Gasteiger partial charge on any atom is 0.319 e. The van der Waals surface area contributed by atoms with Gasteiger partial charge < -0.3 is 14.8 Å². The van der Waals surface area contributed by atoms with Crippen LogP contribution in [0.25, 0.3) is 0 Å². The smallest absolute Gasteiger partial charge is 0.319 e. The second kappa shape index (κ2) is 13.2. The summed E-state index contributed by atoms with van der Waals surface area (Å²) in [5.74, 6) is 5.21. The summed E-state index contributed by atoms with van der Waals surface area (Å²) in [5.41, 5.74) is 2.68. The lowest BCUT2D eigenvalue weighted by molar-refractivity contribution is -0.142. The van der Waals surface area contributed by atoms with Crippen molar-refractivity contribution in [2.24, 2.45) is 46.3 Å². The molecule has 0 radical (unpaired) electrons. The van der Waals surface area contributed by atoms with Crippen LogP contribution >= 0.6 is 0 Å². The van der Waals surface area contributed by atoms with Gasteiger partial charge >= 0.3 is 5.97 Å². The zero-order chi connectivity index (χ0) is 27.3. The van der Waals surface area contributed by atoms with Gasteiger partial charge in [-0.25, -0.2) is 0 Å². The Kier molecular flexibility index (Phi) is 10.5. The van der Waals surface area contributed by atoms with Crippen molar-refractivity contribution in [3.63, 3.8) is 0 Å². The Morgan fingerprint density at radius 3 is 2.63 bits per heavy atom. The molecule has 218 valence electrons. The molecule has 38 heavy (non-hydrogen) atoms. The van der Waals surface area contributed by atoms with E-state index in [4.69, 9.17) is 9.47 Å². The fraction of sp³-hybridized carbons (Fsp3) is 0.912. The molecule has 4 nitrogen and oxygen atoms in total. The largest absolute Gasteiger partial charge is 0.465 e. The van der Waals surface area contributed by atoms with Crippen LogP contribution in [0.15, 0.2) is 11.6 Å². The number of rotatable bonds is 13. The maximum absolute atomic E-state index is 11.4. The molecule has 4 heteroatoms. The standard InChI is InChI=1S/C34H59NO3/c1-7-37-32(36)23-35-20-9-21-38-27-16-18-33(5)26(22-27)12-13-28-30-15-14-29(25(4)11-8-10-24(2)3)34(30,6)19-17-31(28)33/h12,24-25,27-31,35H,7-11,13-23H2,1-6H3/t25-,27+,28?,29?,30?,31?,33+,34-/m1/s1. The Labute approximate surface area is 234 Å². The quantitative estimate of drug-likeness (QED) is 0.149. The van der Waals surface area contributed by atoms with E-state index < -0.39 is 0 Å². The first kappa shape index (κ1) is 30.1. The van der Waals surface area contributed by atoms with Crippen LogP contribution in [0.5, 0.6) is 0 Å². The summed E-state index contributed by atoms with van der Waals surface area (Å²) in [4.78, 5) is 11.4. The molecule has 0 saturated heterocycles. The van der Waals surface area contributed by atoms with Crippen LogP contribution in [0.3, 0.4) is 0 Å². The molecule has 4 aliphatic carbocycles. The molecule has 4 unspecified atom stereocenters. The topological polar surface area (TPSA) is 47.6 Å². The van der Waals surface area contributed by atoms with Gasteiger partial charge in [-0.1, -0.05) is 65.5 Å². The predicted octanol–water partition coefficient (Wildman–Crippen LogP) is 7.96. The summed E-state index contributed by atoms with van der Waals surface area (Å²) in [6, 6.07) is 0. The zero-order valence-electron chi connectivity index (χ0n) is 25.7. The van der Waals surface area contributed by atoms with E-state index in [1.165, 1.54) is 64.2 Å². The van der Waals surface area contributed by atoms with Gasteiger partial charge in [0.1, 0.15) is 0 Å². The first-order valence-electron chi connectivity index (χ1n) is 16.4. The van der Waals surface area contributed by atoms with Gasteiger partial charge in [0.15, 0.2) is 0 Å². The molecule has 3 fully saturated rings. The minimum Gasteiger partial charge on any atom is -0.465 e. The highest BCUT2D eigenvalue weighted by Crippen LogP contribution is 2.67. The molecule has 3 saturated carbocycles. The van der Waals surface area contributed by atoms with Crippen molar-refractivity contribution in [1.29, 1.82) is 0 Å². The SMILES string of the molecule is CCOC(=O)CNCCCO[C@H]1CC[C@@]2(C)C(=CCC3C4CCC([C@H](C)CCCC(C)C)[C@@]4(C)CCC32)C1. The first-order chi connectivity index (χ1) is 18.2. The second-order valence-corrected chi connectivity index (χ2v) is 14.4. The average molecular weight is 530 g/mol. The molecule has 0 aromatic heterocycles. The minimum absolute atomic E-state index is 0.171. The molecule has 0 amide bonds. The Hall–Kier alpha value is -0.870. The minimum atomic E-state index is -0.171. The van der Waals surface area contributed by atoms with Crippen LogP contribution in [0.4, 0.5) is 0 Å². The highest BCUT2D eigenvalue weighted by atomic mass is 16.5. The maximum atomic E-state index is 11.4. The molecule has 0 aliphatic heterocycles. The van der Waals surface area contributed by atoms with Crippen LogP contribution in [0.1, 0.15) is 119 Å². The van der Waals surface area contributed by atoms with Crippen LogP contribution in [-0.2, 0) is 14.3 Å². The Morgan fingerprint density at radius 1 is 1.05 bits per heavy atom. The first-order valence-corrected chi connectivity index (χ1v) is 16.4. The van der Waals surface area contributed by atoms with Crippen molar-refractivity contribution in [3.05, 3.63) is 11.6 Å². The summed E-state index contributed by atoms with van der Waals surface area (Å²) < 4.78 is 11.3. The van der Waals surface area contributed by atoms with Crippen molar-refractivity contribution < 1.29 is 14.3 Å². The molecule has 8 atom stereocenters. The van der Waals surface area contributed by atoms with E-state index >= 15 is 0 Å². The van der Waals surface area contributed by atoms with Crippen LogP contribution in [-0.4, -0.2) is 38.4 Å². The molecule has 0 aromatic carbocycles. The number of ether oxygens (including phenoxy) is 2. The van der Waals surface area contributed by atoms with Crippen LogP contribution < -0.4 is 5.32 Å². The number of nitrogens with one attached hydrogen (secondary N) is 1. The predicted molar refractivity (Wildman–Crippen MR) is 157 cm³/mol. The summed E-state index contributed by atoms with van der Waals surface area (Å²) in [6.07, 6.45) is 19.0. The van der Waals surface area contributed by atoms with Gasteiger partial charge in [0.25, 0.3) is 0 Å². The Morgan fingerprint density at radius 2 is 1.87 bits per heavy atom. The molecule has 0 heterocycles. The van der Waals surface area contributed by atoms with E-state index in [0.29, 0.717) is 30.1 Å². The second-order valence-electron chi connectivity index (χ2n) is 14.4. The number of fused-ring (bicyclic) bond motifs is 5. The fourth-order valence-corrected chi connectivity index (χ4v) is 9.64. The van der Waals surface area contributed by atoms with Crippen molar-refractivity contribution >= 4 is 5.97 Å². The molecule has 1 N–H and O–H groups in total. The lowest BCUT2D eigenvalue weighted by Gasteiger charge is -2.58. The van der Waals surface area contributed by atoms with E-state index in [9.17, 15) is 4.79 Å². The van der Waals surface area contributed by atoms with Gasteiger partial charge in [-0.2, -0.15) is 0 Å². The van der Waals surface area contributed by atoms with E-state index in [2.05, 4.69) is 46.0 Å². The lowest BCUT2D eigenvalue weighted by Crippen LogP contribution is -2.51. The van der Waals surface area contributed by atoms with Gasteiger partial charge in [0.2, 0.25) is 0 Å². The van der Waals surface area contributed by atoms with E-state index in [1.807, 2.05) is 6.92 Å². The van der Waals surface area contributed by atoms with Gasteiger partial charge in [-0.05, 0) is 118 Å². The molecular formula is C34H59NO3. The van der Waals surface area contributed by atoms with Gasteiger partial charge in [-0.15, -0.1) is 0 Å². The van der Waals surface area contributed by atoms with Crippen molar-refractivity contribution in [2.45, 2.75) is 125 Å². The van der Waals surface area contributed by atoms with E-state index in [1.54, 1.807) is 5.57 Å². The number of carbonyl (C=O) groups excluding carboxylic acids is 1. The molecule has 4 rings (SSSR count). The molecule has 0 aromatic rings. The fourth-order valence-electron chi connectivity index (χ4n) is 9.64. The molecule has 0 spiro atoms. The van der Waals surface area contributed by atoms with E-state index in [0.717, 1.165) is 61.5 Å². The summed E-state index contributed by atoms with van der Waals surface area (Å²) >= 11 is 0. The third-order valence-electron chi connectivity index (χ3n) is 11.7. The third-order valence-corrected chi connectivity index (χ3v) is 11.7. The Balaban J connectivity index is 1.28. The lowest BCUT2D eigenvalue weighted by atomic mass is 9.47. The monoisotopic (exact) mass is 529 g/mol. The number of esters is 1. The zero-order valence-corrected chi connectivity index (χ0v) is 25.7. The third kappa shape index (κ3) is 6.54.